The second-order valence-electron chi connectivity index (χ2n) is 3.91. The molecule has 1 aromatic heterocycles. The first-order chi connectivity index (χ1) is 8.83. The molecule has 0 saturated carbocycles. The van der Waals surface area contributed by atoms with Crippen LogP contribution in [0.15, 0.2) is 54.7 Å². The van der Waals surface area contributed by atoms with Crippen molar-refractivity contribution >= 4 is 16.5 Å². The Hall–Kier alpha value is -2.62. The third-order valence-corrected chi connectivity index (χ3v) is 2.61. The molecule has 88 valence electrons. The second-order valence-corrected chi connectivity index (χ2v) is 3.91. The lowest BCUT2D eigenvalue weighted by atomic mass is 10.2. The monoisotopic (exact) mass is 237 g/mol. The Morgan fingerprint density at radius 3 is 2.78 bits per heavy atom. The highest BCUT2D eigenvalue weighted by Gasteiger charge is 2.05. The normalized spacial score (nSPS) is 10.4. The molecule has 18 heavy (non-hydrogen) atoms. The number of hydrogen-bond acceptors (Lipinski definition) is 4. The van der Waals surface area contributed by atoms with Crippen molar-refractivity contribution in [2.45, 2.75) is 0 Å². The summed E-state index contributed by atoms with van der Waals surface area (Å²) in [6.45, 7) is 0. The van der Waals surface area contributed by atoms with Gasteiger partial charge in [0.15, 0.2) is 0 Å². The van der Waals surface area contributed by atoms with Crippen LogP contribution in [-0.2, 0) is 0 Å². The predicted molar refractivity (Wildman–Crippen MR) is 70.5 cm³/mol. The summed E-state index contributed by atoms with van der Waals surface area (Å²) < 4.78 is 5.72. The summed E-state index contributed by atoms with van der Waals surface area (Å²) in [4.78, 5) is 0. The van der Waals surface area contributed by atoms with Crippen LogP contribution in [0.1, 0.15) is 0 Å². The van der Waals surface area contributed by atoms with Crippen LogP contribution in [0.3, 0.4) is 0 Å². The van der Waals surface area contributed by atoms with E-state index in [4.69, 9.17) is 10.5 Å². The smallest absolute Gasteiger partial charge is 0.246 e. The topological polar surface area (TPSA) is 61.0 Å². The first-order valence-corrected chi connectivity index (χ1v) is 5.57. The van der Waals surface area contributed by atoms with Crippen molar-refractivity contribution in [2.24, 2.45) is 0 Å². The number of nitrogens with zero attached hydrogens (tertiary/aromatic N) is 2. The Morgan fingerprint density at radius 1 is 1.00 bits per heavy atom. The molecule has 3 rings (SSSR count). The molecule has 3 aromatic rings. The molecule has 1 heterocycles. The number of ether oxygens (including phenoxy) is 1. The average Bonchev–Trinajstić information content (AvgIpc) is 2.39. The van der Waals surface area contributed by atoms with Crippen LogP contribution >= 0.6 is 0 Å². The lowest BCUT2D eigenvalue weighted by Crippen LogP contribution is -1.92. The van der Waals surface area contributed by atoms with Crippen LogP contribution in [0.5, 0.6) is 11.6 Å². The van der Waals surface area contributed by atoms with Crippen LogP contribution in [0.25, 0.3) is 10.8 Å². The van der Waals surface area contributed by atoms with Gasteiger partial charge in [-0.15, -0.1) is 5.10 Å². The van der Waals surface area contributed by atoms with Gasteiger partial charge >= 0.3 is 0 Å². The van der Waals surface area contributed by atoms with Gasteiger partial charge in [-0.2, -0.15) is 5.10 Å². The van der Waals surface area contributed by atoms with E-state index < -0.39 is 0 Å². The molecule has 2 N–H and O–H groups in total. The van der Waals surface area contributed by atoms with Gasteiger partial charge in [0.2, 0.25) is 5.88 Å². The molecule has 0 unspecified atom stereocenters. The van der Waals surface area contributed by atoms with Gasteiger partial charge in [-0.3, -0.25) is 0 Å². The molecular formula is C14H11N3O. The molecule has 4 heteroatoms. The molecule has 0 saturated heterocycles. The van der Waals surface area contributed by atoms with Crippen LogP contribution in [0.4, 0.5) is 5.69 Å². The van der Waals surface area contributed by atoms with E-state index in [1.165, 1.54) is 0 Å². The standard InChI is InChI=1S/C14H11N3O/c15-11-5-3-6-12(8-11)18-14-13-7-2-1-4-10(13)9-16-17-14/h1-9H,15H2. The minimum atomic E-state index is 0.485. The summed E-state index contributed by atoms with van der Waals surface area (Å²) in [6.07, 6.45) is 1.71. The molecule has 4 nitrogen and oxygen atoms in total. The average molecular weight is 237 g/mol. The number of rotatable bonds is 2. The molecule has 2 aromatic carbocycles. The van der Waals surface area contributed by atoms with Crippen molar-refractivity contribution in [3.63, 3.8) is 0 Å². The molecule has 0 aliphatic carbocycles. The minimum Gasteiger partial charge on any atom is -0.437 e. The molecule has 0 fully saturated rings. The highest BCUT2D eigenvalue weighted by molar-refractivity contribution is 5.85. The first-order valence-electron chi connectivity index (χ1n) is 5.57. The maximum Gasteiger partial charge on any atom is 0.246 e. The third-order valence-electron chi connectivity index (χ3n) is 2.61. The van der Waals surface area contributed by atoms with E-state index >= 15 is 0 Å². The van der Waals surface area contributed by atoms with Crippen LogP contribution < -0.4 is 10.5 Å². The number of aromatic nitrogens is 2. The highest BCUT2D eigenvalue weighted by Crippen LogP contribution is 2.27. The van der Waals surface area contributed by atoms with Gasteiger partial charge in [0.1, 0.15) is 5.75 Å². The predicted octanol–water partition coefficient (Wildman–Crippen LogP) is 3.00. The molecule has 0 radical (unpaired) electrons. The van der Waals surface area contributed by atoms with E-state index in [0.29, 0.717) is 17.3 Å². The number of fused-ring (bicyclic) bond motifs is 1. The molecule has 0 atom stereocenters. The summed E-state index contributed by atoms with van der Waals surface area (Å²) in [7, 11) is 0. The Kier molecular flexibility index (Phi) is 2.53. The Bertz CT molecular complexity index is 692. The van der Waals surface area contributed by atoms with Crippen molar-refractivity contribution in [1.82, 2.24) is 10.2 Å². The van der Waals surface area contributed by atoms with Crippen molar-refractivity contribution in [3.8, 4) is 11.6 Å². The van der Waals surface area contributed by atoms with E-state index in [2.05, 4.69) is 10.2 Å². The van der Waals surface area contributed by atoms with Crippen molar-refractivity contribution in [1.29, 1.82) is 0 Å². The zero-order valence-electron chi connectivity index (χ0n) is 9.58. The molecular weight excluding hydrogens is 226 g/mol. The molecule has 0 spiro atoms. The van der Waals surface area contributed by atoms with E-state index in [-0.39, 0.29) is 0 Å². The summed E-state index contributed by atoms with van der Waals surface area (Å²) in [5, 5.41) is 9.86. The number of hydrogen-bond donors (Lipinski definition) is 1. The zero-order chi connectivity index (χ0) is 12.4. The fourth-order valence-electron chi connectivity index (χ4n) is 1.77. The Morgan fingerprint density at radius 2 is 1.89 bits per heavy atom. The quantitative estimate of drug-likeness (QED) is 0.696. The maximum atomic E-state index is 5.72. The number of anilines is 1. The van der Waals surface area contributed by atoms with E-state index in [9.17, 15) is 0 Å². The van der Waals surface area contributed by atoms with Gasteiger partial charge in [-0.05, 0) is 18.2 Å². The molecule has 0 amide bonds. The minimum absolute atomic E-state index is 0.485. The van der Waals surface area contributed by atoms with Gasteiger partial charge in [0.05, 0.1) is 6.20 Å². The van der Waals surface area contributed by atoms with Gasteiger partial charge < -0.3 is 10.5 Å². The SMILES string of the molecule is Nc1cccc(Oc2nncc3ccccc23)c1. The van der Waals surface area contributed by atoms with Crippen molar-refractivity contribution in [3.05, 3.63) is 54.7 Å². The molecule has 0 aliphatic rings. The largest absolute Gasteiger partial charge is 0.437 e. The van der Waals surface area contributed by atoms with Gasteiger partial charge in [-0.25, -0.2) is 0 Å². The lowest BCUT2D eigenvalue weighted by Gasteiger charge is -2.07. The number of benzene rings is 2. The second kappa shape index (κ2) is 4.33. The fraction of sp³-hybridized carbons (Fsp3) is 0. The van der Waals surface area contributed by atoms with Gasteiger partial charge in [0, 0.05) is 22.5 Å². The zero-order valence-corrected chi connectivity index (χ0v) is 9.58. The van der Waals surface area contributed by atoms with E-state index in [1.807, 2.05) is 42.5 Å². The van der Waals surface area contributed by atoms with Crippen LogP contribution in [0, 0.1) is 0 Å². The summed E-state index contributed by atoms with van der Waals surface area (Å²) in [6, 6.07) is 15.0. The van der Waals surface area contributed by atoms with E-state index in [0.717, 1.165) is 10.8 Å². The van der Waals surface area contributed by atoms with Crippen molar-refractivity contribution < 1.29 is 4.74 Å². The number of nitrogen functional groups attached to an aromatic ring is 1. The summed E-state index contributed by atoms with van der Waals surface area (Å²) >= 11 is 0. The van der Waals surface area contributed by atoms with Crippen LogP contribution in [-0.4, -0.2) is 10.2 Å². The van der Waals surface area contributed by atoms with E-state index in [1.54, 1.807) is 12.3 Å². The fourth-order valence-corrected chi connectivity index (χ4v) is 1.77. The van der Waals surface area contributed by atoms with Crippen molar-refractivity contribution in [2.75, 3.05) is 5.73 Å². The summed E-state index contributed by atoms with van der Waals surface area (Å²) in [5.74, 6) is 1.14. The molecule has 0 bridgehead atoms. The van der Waals surface area contributed by atoms with Gasteiger partial charge in [-0.1, -0.05) is 24.3 Å². The summed E-state index contributed by atoms with van der Waals surface area (Å²) in [5.41, 5.74) is 6.36. The maximum absolute atomic E-state index is 5.72. The Balaban J connectivity index is 2.05. The van der Waals surface area contributed by atoms with Gasteiger partial charge in [0.25, 0.3) is 0 Å². The Labute approximate surface area is 104 Å². The first kappa shape index (κ1) is 10.5. The highest BCUT2D eigenvalue weighted by atomic mass is 16.5. The number of nitrogens with two attached hydrogens (primary N) is 1. The lowest BCUT2D eigenvalue weighted by molar-refractivity contribution is 0.462. The third kappa shape index (κ3) is 1.96. The van der Waals surface area contributed by atoms with Crippen LogP contribution in [0.2, 0.25) is 0 Å². The molecule has 0 aliphatic heterocycles.